The van der Waals surface area contributed by atoms with Gasteiger partial charge in [-0.2, -0.15) is 15.6 Å². The van der Waals surface area contributed by atoms with E-state index in [0.29, 0.717) is 29.5 Å². The predicted octanol–water partition coefficient (Wildman–Crippen LogP) is 3.19. The lowest BCUT2D eigenvalue weighted by molar-refractivity contribution is 0.307. The number of hydrogen-bond donors (Lipinski definition) is 1. The van der Waals surface area contributed by atoms with Gasteiger partial charge >= 0.3 is 0 Å². The maximum Gasteiger partial charge on any atom is 0.237 e. The molecule has 2 aromatic rings. The molecule has 1 heterocycles. The Hall–Kier alpha value is -3.51. The number of hydrazone groups is 1. The first kappa shape index (κ1) is 13.5. The Bertz CT molecular complexity index is 815. The van der Waals surface area contributed by atoms with E-state index in [-0.39, 0.29) is 5.71 Å². The van der Waals surface area contributed by atoms with Crippen LogP contribution in [0.15, 0.2) is 47.6 Å². The highest BCUT2D eigenvalue weighted by Crippen LogP contribution is 2.37. The van der Waals surface area contributed by atoms with Crippen molar-refractivity contribution < 1.29 is 9.47 Å². The van der Waals surface area contributed by atoms with Crippen LogP contribution < -0.4 is 14.9 Å². The van der Waals surface area contributed by atoms with E-state index in [2.05, 4.69) is 10.5 Å². The molecule has 0 fully saturated rings. The van der Waals surface area contributed by atoms with Crippen molar-refractivity contribution in [3.8, 4) is 29.4 Å². The van der Waals surface area contributed by atoms with Crippen LogP contribution in [0.3, 0.4) is 0 Å². The van der Waals surface area contributed by atoms with Crippen molar-refractivity contribution in [2.75, 3.05) is 5.43 Å². The third kappa shape index (κ3) is 2.67. The molecule has 1 aliphatic rings. The quantitative estimate of drug-likeness (QED) is 0.677. The number of benzene rings is 2. The lowest BCUT2D eigenvalue weighted by Gasteiger charge is -2.08. The zero-order valence-electron chi connectivity index (χ0n) is 11.4. The van der Waals surface area contributed by atoms with Gasteiger partial charge in [-0.3, -0.25) is 5.43 Å². The van der Waals surface area contributed by atoms with Gasteiger partial charge in [-0.25, -0.2) is 0 Å². The molecule has 6 nitrogen and oxygen atoms in total. The first-order valence-electron chi connectivity index (χ1n) is 6.46. The maximum absolute atomic E-state index is 8.65. The van der Waals surface area contributed by atoms with E-state index in [1.807, 2.05) is 24.3 Å². The molecule has 3 rings (SSSR count). The molecule has 1 aliphatic heterocycles. The van der Waals surface area contributed by atoms with Crippen LogP contribution in [0.5, 0.6) is 17.2 Å². The molecule has 6 heteroatoms. The van der Waals surface area contributed by atoms with Gasteiger partial charge < -0.3 is 9.47 Å². The van der Waals surface area contributed by atoms with E-state index in [1.165, 1.54) is 0 Å². The molecule has 2 aromatic carbocycles. The topological polar surface area (TPSA) is 90.4 Å². The van der Waals surface area contributed by atoms with Crippen molar-refractivity contribution in [3.63, 3.8) is 0 Å². The third-order valence-corrected chi connectivity index (χ3v) is 3.02. The Kier molecular flexibility index (Phi) is 3.59. The van der Waals surface area contributed by atoms with Gasteiger partial charge in [0.25, 0.3) is 0 Å². The van der Waals surface area contributed by atoms with Crippen LogP contribution >= 0.6 is 0 Å². The Labute approximate surface area is 126 Å². The highest BCUT2D eigenvalue weighted by atomic mass is 16.5. The number of nitriles is 2. The number of fused-ring (bicyclic) bond motifs is 2. The molecule has 22 heavy (non-hydrogen) atoms. The first-order valence-corrected chi connectivity index (χ1v) is 6.46. The van der Waals surface area contributed by atoms with E-state index in [1.54, 1.807) is 30.3 Å². The second-order valence-corrected chi connectivity index (χ2v) is 4.46. The summed E-state index contributed by atoms with van der Waals surface area (Å²) in [6.45, 7) is 0.356. The fraction of sp³-hybridized carbons (Fsp3) is 0.0625. The number of nitrogens with zero attached hydrogens (tertiary/aromatic N) is 3. The van der Waals surface area contributed by atoms with Crippen LogP contribution in [0.1, 0.15) is 5.56 Å². The molecule has 0 spiro atoms. The molecule has 0 saturated heterocycles. The van der Waals surface area contributed by atoms with E-state index < -0.39 is 0 Å². The average Bonchev–Trinajstić information content (AvgIpc) is 2.74. The maximum atomic E-state index is 8.65. The van der Waals surface area contributed by atoms with E-state index >= 15 is 0 Å². The fourth-order valence-corrected chi connectivity index (χ4v) is 1.98. The van der Waals surface area contributed by atoms with E-state index in [0.717, 1.165) is 5.56 Å². The Morgan fingerprint density at radius 2 is 1.82 bits per heavy atom. The van der Waals surface area contributed by atoms with Crippen molar-refractivity contribution in [1.82, 2.24) is 0 Å². The summed E-state index contributed by atoms with van der Waals surface area (Å²) < 4.78 is 11.5. The third-order valence-electron chi connectivity index (χ3n) is 3.02. The number of anilines is 1. The number of hydrogen-bond acceptors (Lipinski definition) is 6. The van der Waals surface area contributed by atoms with Crippen molar-refractivity contribution >= 4 is 11.4 Å². The summed E-state index contributed by atoms with van der Waals surface area (Å²) in [5, 5.41) is 21.0. The number of rotatable bonds is 2. The monoisotopic (exact) mass is 290 g/mol. The van der Waals surface area contributed by atoms with Crippen LogP contribution in [-0.2, 0) is 6.61 Å². The molecule has 0 unspecified atom stereocenters. The number of para-hydroxylation sites is 2. The lowest BCUT2D eigenvalue weighted by Crippen LogP contribution is -1.98. The fourth-order valence-electron chi connectivity index (χ4n) is 1.98. The normalized spacial score (nSPS) is 11.2. The number of nitrogens with one attached hydrogen (secondary N) is 1. The lowest BCUT2D eigenvalue weighted by atomic mass is 10.2. The second kappa shape index (κ2) is 5.86. The molecule has 0 aromatic heterocycles. The van der Waals surface area contributed by atoms with Gasteiger partial charge in [0.15, 0.2) is 11.5 Å². The molecule has 0 aliphatic carbocycles. The predicted molar refractivity (Wildman–Crippen MR) is 79.6 cm³/mol. The Balaban J connectivity index is 1.86. The Morgan fingerprint density at radius 1 is 1.05 bits per heavy atom. The minimum atomic E-state index is -0.241. The number of ether oxygens (including phenoxy) is 2. The smallest absolute Gasteiger partial charge is 0.237 e. The molecule has 0 amide bonds. The van der Waals surface area contributed by atoms with Gasteiger partial charge in [0.2, 0.25) is 5.71 Å². The molecule has 0 bridgehead atoms. The molecular weight excluding hydrogens is 280 g/mol. The van der Waals surface area contributed by atoms with E-state index in [4.69, 9.17) is 20.0 Å². The van der Waals surface area contributed by atoms with Crippen LogP contribution in [0, 0.1) is 22.7 Å². The molecule has 106 valence electrons. The molecule has 0 radical (unpaired) electrons. The van der Waals surface area contributed by atoms with Gasteiger partial charge in [-0.15, -0.1) is 0 Å². The van der Waals surface area contributed by atoms with Gasteiger partial charge in [-0.05, 0) is 30.3 Å². The zero-order valence-corrected chi connectivity index (χ0v) is 11.4. The van der Waals surface area contributed by atoms with Crippen LogP contribution in [0.4, 0.5) is 5.69 Å². The molecule has 0 atom stereocenters. The minimum Gasteiger partial charge on any atom is -0.485 e. The van der Waals surface area contributed by atoms with Crippen molar-refractivity contribution in [2.24, 2.45) is 5.10 Å². The van der Waals surface area contributed by atoms with Gasteiger partial charge in [0.05, 0.1) is 5.69 Å². The van der Waals surface area contributed by atoms with Crippen LogP contribution in [-0.4, -0.2) is 5.71 Å². The summed E-state index contributed by atoms with van der Waals surface area (Å²) in [5.74, 6) is 2.04. The first-order chi connectivity index (χ1) is 10.8. The molecule has 0 saturated carbocycles. The van der Waals surface area contributed by atoms with Crippen molar-refractivity contribution in [1.29, 1.82) is 10.5 Å². The average molecular weight is 290 g/mol. The zero-order chi connectivity index (χ0) is 15.4. The highest BCUT2D eigenvalue weighted by Gasteiger charge is 2.15. The second-order valence-electron chi connectivity index (χ2n) is 4.46. The molecule has 1 N–H and O–H groups in total. The summed E-state index contributed by atoms with van der Waals surface area (Å²) in [6.07, 6.45) is 0. The summed E-state index contributed by atoms with van der Waals surface area (Å²) in [4.78, 5) is 0. The van der Waals surface area contributed by atoms with Crippen LogP contribution in [0.2, 0.25) is 0 Å². The van der Waals surface area contributed by atoms with Gasteiger partial charge in [0, 0.05) is 5.56 Å². The molecular formula is C16H10N4O2. The van der Waals surface area contributed by atoms with Crippen molar-refractivity contribution in [2.45, 2.75) is 6.61 Å². The summed E-state index contributed by atoms with van der Waals surface area (Å²) in [6, 6.07) is 16.2. The van der Waals surface area contributed by atoms with E-state index in [9.17, 15) is 0 Å². The van der Waals surface area contributed by atoms with Gasteiger partial charge in [-0.1, -0.05) is 12.1 Å². The minimum absolute atomic E-state index is 0.241. The summed E-state index contributed by atoms with van der Waals surface area (Å²) in [5.41, 5.74) is 3.91. The largest absolute Gasteiger partial charge is 0.485 e. The Morgan fingerprint density at radius 3 is 2.59 bits per heavy atom. The standard InChI is InChI=1S/C16H10N4O2/c17-8-13(9-18)20-19-12-5-6-14-11(7-12)10-21-15-3-1-2-4-16(15)22-14/h1-7,19H,10H2. The van der Waals surface area contributed by atoms with Crippen molar-refractivity contribution in [3.05, 3.63) is 48.0 Å². The van der Waals surface area contributed by atoms with Gasteiger partial charge in [0.1, 0.15) is 24.5 Å². The SMILES string of the molecule is N#CC(C#N)=NNc1ccc2c(c1)COc1ccccc1O2. The highest BCUT2D eigenvalue weighted by molar-refractivity contribution is 6.10. The summed E-state index contributed by atoms with van der Waals surface area (Å²) in [7, 11) is 0. The van der Waals surface area contributed by atoms with Crippen LogP contribution in [0.25, 0.3) is 0 Å². The summed E-state index contributed by atoms with van der Waals surface area (Å²) >= 11 is 0.